The molecule has 1 heterocycles. The van der Waals surface area contributed by atoms with Gasteiger partial charge in [0.15, 0.2) is 0 Å². The minimum Gasteiger partial charge on any atom is -0.489 e. The number of nitrogens with one attached hydrogen (secondary N) is 1. The summed E-state index contributed by atoms with van der Waals surface area (Å²) in [4.78, 5) is 2.44. The highest BCUT2D eigenvalue weighted by molar-refractivity contribution is 7.79. The van der Waals surface area contributed by atoms with Gasteiger partial charge in [0.05, 0.1) is 5.49 Å². The van der Waals surface area contributed by atoms with Crippen LogP contribution in [0.1, 0.15) is 40.0 Å². The molecule has 1 aromatic rings. The molecule has 1 unspecified atom stereocenters. The number of likely N-dealkylation sites (tertiary alicyclic amines) is 1. The monoisotopic (exact) mass is 308 g/mol. The smallest absolute Gasteiger partial charge is 0.119 e. The van der Waals surface area contributed by atoms with Gasteiger partial charge in [0.2, 0.25) is 0 Å². The quantitative estimate of drug-likeness (QED) is 0.818. The van der Waals surface area contributed by atoms with Crippen LogP contribution in [-0.2, 0) is 0 Å². The summed E-state index contributed by atoms with van der Waals surface area (Å²) in [6.07, 6.45) is 3.95. The Kier molecular flexibility index (Phi) is 9.02. The maximum Gasteiger partial charge on any atom is 0.119 e. The molecule has 1 aliphatic heterocycles. The van der Waals surface area contributed by atoms with Gasteiger partial charge >= 0.3 is 0 Å². The third-order valence-corrected chi connectivity index (χ3v) is 3.41. The van der Waals surface area contributed by atoms with Crippen molar-refractivity contribution in [2.24, 2.45) is 0 Å². The molecule has 3 nitrogen and oxygen atoms in total. The lowest BCUT2D eigenvalue weighted by Crippen LogP contribution is -2.40. The van der Waals surface area contributed by atoms with Crippen molar-refractivity contribution in [2.75, 3.05) is 25.0 Å². The zero-order valence-electron chi connectivity index (χ0n) is 13.5. The van der Waals surface area contributed by atoms with Gasteiger partial charge in [0, 0.05) is 12.2 Å². The number of likely N-dealkylation sites (N-methyl/N-ethyl adjacent to an activating group) is 1. The summed E-state index contributed by atoms with van der Waals surface area (Å²) in [6.45, 7) is 9.80. The van der Waals surface area contributed by atoms with Crippen molar-refractivity contribution >= 4 is 23.4 Å². The summed E-state index contributed by atoms with van der Waals surface area (Å²) in [5, 5.41) is 2.98. The van der Waals surface area contributed by atoms with E-state index in [0.29, 0.717) is 6.10 Å². The third-order valence-electron chi connectivity index (χ3n) is 3.29. The van der Waals surface area contributed by atoms with Gasteiger partial charge in [0.25, 0.3) is 0 Å². The largest absolute Gasteiger partial charge is 0.489 e. The van der Waals surface area contributed by atoms with E-state index in [1.54, 1.807) is 0 Å². The summed E-state index contributed by atoms with van der Waals surface area (Å²) >= 11 is 4.75. The fourth-order valence-electron chi connectivity index (χ4n) is 2.29. The second kappa shape index (κ2) is 10.6. The molecule has 0 amide bonds. The number of ether oxygens (including phenoxy) is 1. The number of rotatable bonds is 5. The fourth-order valence-corrected chi connectivity index (χ4v) is 2.42. The van der Waals surface area contributed by atoms with Gasteiger partial charge in [-0.1, -0.05) is 39.4 Å². The van der Waals surface area contributed by atoms with Gasteiger partial charge < -0.3 is 10.1 Å². The van der Waals surface area contributed by atoms with Crippen molar-refractivity contribution in [3.63, 3.8) is 0 Å². The van der Waals surface area contributed by atoms with Crippen LogP contribution >= 0.6 is 12.2 Å². The summed E-state index contributed by atoms with van der Waals surface area (Å²) in [5.41, 5.74) is 2.51. The Hall–Kier alpha value is -1.13. The van der Waals surface area contributed by atoms with Crippen molar-refractivity contribution in [1.82, 2.24) is 4.90 Å². The van der Waals surface area contributed by atoms with Crippen LogP contribution in [0.15, 0.2) is 24.3 Å². The Bertz CT molecular complexity index is 394. The molecule has 0 aromatic heterocycles. The van der Waals surface area contributed by atoms with Crippen molar-refractivity contribution < 1.29 is 4.74 Å². The number of benzene rings is 1. The third kappa shape index (κ3) is 6.91. The van der Waals surface area contributed by atoms with Gasteiger partial charge in [-0.05, 0) is 50.2 Å². The van der Waals surface area contributed by atoms with Gasteiger partial charge in [-0.2, -0.15) is 0 Å². The minimum atomic E-state index is 0.322. The Balaban J connectivity index is 0.000000677. The van der Waals surface area contributed by atoms with Crippen LogP contribution in [0, 0.1) is 0 Å². The van der Waals surface area contributed by atoms with Gasteiger partial charge in [-0.3, -0.25) is 4.90 Å². The molecule has 2 rings (SSSR count). The van der Waals surface area contributed by atoms with Gasteiger partial charge in [-0.15, -0.1) is 0 Å². The topological polar surface area (TPSA) is 24.5 Å². The summed E-state index contributed by atoms with van der Waals surface area (Å²) in [7, 11) is 0. The van der Waals surface area contributed by atoms with Crippen LogP contribution in [0.2, 0.25) is 0 Å². The summed E-state index contributed by atoms with van der Waals surface area (Å²) in [6, 6.07) is 7.95. The first-order chi connectivity index (χ1) is 10.2. The zero-order valence-corrected chi connectivity index (χ0v) is 14.3. The lowest BCUT2D eigenvalue weighted by atomic mass is 10.1. The molecule has 1 aromatic carbocycles. The van der Waals surface area contributed by atoms with E-state index in [1.807, 2.05) is 24.3 Å². The Morgan fingerprint density at radius 1 is 1.29 bits per heavy atom. The van der Waals surface area contributed by atoms with Crippen molar-refractivity contribution in [3.05, 3.63) is 24.3 Å². The zero-order chi connectivity index (χ0) is 15.5. The molecule has 4 heteroatoms. The summed E-state index contributed by atoms with van der Waals surface area (Å²) < 4.78 is 6.01. The highest BCUT2D eigenvalue weighted by Gasteiger charge is 2.19. The van der Waals surface area contributed by atoms with E-state index in [9.17, 15) is 0 Å². The van der Waals surface area contributed by atoms with E-state index in [1.165, 1.54) is 24.9 Å². The van der Waals surface area contributed by atoms with Crippen molar-refractivity contribution in [3.8, 4) is 5.75 Å². The van der Waals surface area contributed by atoms with Crippen LogP contribution in [0.25, 0.3) is 0 Å². The summed E-state index contributed by atoms with van der Waals surface area (Å²) in [5.74, 6) is 0.938. The molecule has 0 radical (unpaired) electrons. The number of piperidine rings is 1. The molecule has 118 valence electrons. The molecular formula is C17H28N2OS. The Morgan fingerprint density at radius 2 is 1.95 bits per heavy atom. The van der Waals surface area contributed by atoms with Crippen LogP contribution < -0.4 is 10.1 Å². The maximum absolute atomic E-state index is 6.01. The second-order valence-electron chi connectivity index (χ2n) is 5.27. The number of nitrogens with zero attached hydrogens (tertiary/aromatic N) is 1. The minimum absolute atomic E-state index is 0.322. The first-order valence-electron chi connectivity index (χ1n) is 7.92. The molecule has 1 atom stereocenters. The Morgan fingerprint density at radius 3 is 2.52 bits per heavy atom. The van der Waals surface area contributed by atoms with Crippen molar-refractivity contribution in [2.45, 2.75) is 46.1 Å². The SMILES string of the molecule is CCC.CCN1CCCC(Oc2ccc(NC=S)cc2)C1. The highest BCUT2D eigenvalue weighted by atomic mass is 32.1. The highest BCUT2D eigenvalue weighted by Crippen LogP contribution is 2.20. The number of anilines is 1. The van der Waals surface area contributed by atoms with Crippen LogP contribution in [-0.4, -0.2) is 36.1 Å². The average Bonchev–Trinajstić information content (AvgIpc) is 2.51. The van der Waals surface area contributed by atoms with E-state index in [4.69, 9.17) is 17.0 Å². The standard InChI is InChI=1S/C14H20N2OS.C3H8/c1-2-16-9-3-4-14(10-16)17-13-7-5-12(6-8-13)15-11-18;1-3-2/h5-8,11,14H,2-4,9-10H2,1H3,(H,15,18);3H2,1-2H3. The molecule has 0 saturated carbocycles. The molecule has 0 aliphatic carbocycles. The number of hydrogen-bond acceptors (Lipinski definition) is 3. The fraction of sp³-hybridized carbons (Fsp3) is 0.588. The molecule has 1 fully saturated rings. The average molecular weight is 308 g/mol. The first kappa shape index (κ1) is 17.9. The number of thiocarbonyl (C=S) groups is 1. The maximum atomic E-state index is 6.01. The van der Waals surface area contributed by atoms with Crippen molar-refractivity contribution in [1.29, 1.82) is 0 Å². The molecule has 1 aliphatic rings. The predicted octanol–water partition coefficient (Wildman–Crippen LogP) is 4.34. The van der Waals surface area contributed by atoms with Crippen LogP contribution in [0.5, 0.6) is 5.75 Å². The van der Waals surface area contributed by atoms with E-state index in [-0.39, 0.29) is 0 Å². The van der Waals surface area contributed by atoms with Gasteiger partial charge in [0.1, 0.15) is 11.9 Å². The first-order valence-corrected chi connectivity index (χ1v) is 8.39. The Labute approximate surface area is 134 Å². The number of hydrogen-bond donors (Lipinski definition) is 1. The molecule has 1 N–H and O–H groups in total. The molecular weight excluding hydrogens is 280 g/mol. The van der Waals surface area contributed by atoms with Crippen LogP contribution in [0.3, 0.4) is 0 Å². The molecule has 0 spiro atoms. The van der Waals surface area contributed by atoms with E-state index >= 15 is 0 Å². The second-order valence-corrected chi connectivity index (χ2v) is 5.50. The predicted molar refractivity (Wildman–Crippen MR) is 95.4 cm³/mol. The van der Waals surface area contributed by atoms with E-state index in [0.717, 1.165) is 30.9 Å². The lowest BCUT2D eigenvalue weighted by molar-refractivity contribution is 0.0920. The van der Waals surface area contributed by atoms with E-state index < -0.39 is 0 Å². The van der Waals surface area contributed by atoms with E-state index in [2.05, 4.69) is 31.0 Å². The normalized spacial score (nSPS) is 18.3. The molecule has 1 saturated heterocycles. The van der Waals surface area contributed by atoms with Crippen LogP contribution in [0.4, 0.5) is 5.69 Å². The molecule has 0 bridgehead atoms. The lowest BCUT2D eigenvalue weighted by Gasteiger charge is -2.32. The molecule has 21 heavy (non-hydrogen) atoms. The van der Waals surface area contributed by atoms with Gasteiger partial charge in [-0.25, -0.2) is 0 Å².